The van der Waals surface area contributed by atoms with Crippen molar-refractivity contribution >= 4 is 11.9 Å². The Hall–Kier alpha value is -3.02. The first-order chi connectivity index (χ1) is 12.0. The summed E-state index contributed by atoms with van der Waals surface area (Å²) < 4.78 is 0. The monoisotopic (exact) mass is 341 g/mol. The maximum atomic E-state index is 9.46. The van der Waals surface area contributed by atoms with Crippen LogP contribution in [0, 0.1) is 0 Å². The van der Waals surface area contributed by atoms with Gasteiger partial charge in [0.1, 0.15) is 5.75 Å². The molecule has 1 heterocycles. The van der Waals surface area contributed by atoms with Crippen molar-refractivity contribution in [2.75, 3.05) is 13.1 Å². The molecule has 132 valence electrons. The van der Waals surface area contributed by atoms with E-state index in [1.165, 1.54) is 5.56 Å². The predicted molar refractivity (Wildman–Crippen MR) is 97.7 cm³/mol. The summed E-state index contributed by atoms with van der Waals surface area (Å²) in [5.41, 5.74) is 2.40. The first kappa shape index (κ1) is 18.3. The minimum Gasteiger partial charge on any atom is -0.508 e. The van der Waals surface area contributed by atoms with Crippen molar-refractivity contribution in [2.45, 2.75) is 19.4 Å². The van der Waals surface area contributed by atoms with Gasteiger partial charge < -0.3 is 20.8 Å². The van der Waals surface area contributed by atoms with Gasteiger partial charge >= 0.3 is 0 Å². The molecule has 4 N–H and O–H groups in total. The molecule has 1 aliphatic heterocycles. The average molecular weight is 341 g/mol. The van der Waals surface area contributed by atoms with Crippen LogP contribution in [-0.2, 0) is 11.2 Å². The third-order valence-corrected chi connectivity index (χ3v) is 3.56. The molecule has 0 saturated carbocycles. The molecule has 1 aliphatic rings. The summed E-state index contributed by atoms with van der Waals surface area (Å²) in [4.78, 5) is 13.4. The van der Waals surface area contributed by atoms with Crippen molar-refractivity contribution in [1.29, 1.82) is 0 Å². The number of nitrogens with one attached hydrogen (secondary N) is 2. The quantitative estimate of drug-likeness (QED) is 0.685. The lowest BCUT2D eigenvalue weighted by atomic mass is 9.99. The molecule has 0 bridgehead atoms. The van der Waals surface area contributed by atoms with E-state index in [9.17, 15) is 5.11 Å². The van der Waals surface area contributed by atoms with Crippen molar-refractivity contribution in [1.82, 2.24) is 10.6 Å². The van der Waals surface area contributed by atoms with Crippen molar-refractivity contribution in [3.8, 4) is 5.75 Å². The van der Waals surface area contributed by atoms with Crippen LogP contribution in [0.3, 0.4) is 0 Å². The lowest BCUT2D eigenvalue weighted by Crippen LogP contribution is -2.37. The molecule has 0 spiro atoms. The second kappa shape index (κ2) is 9.32. The summed E-state index contributed by atoms with van der Waals surface area (Å²) >= 11 is 0. The van der Waals surface area contributed by atoms with E-state index in [0.717, 1.165) is 38.0 Å². The van der Waals surface area contributed by atoms with Crippen molar-refractivity contribution < 1.29 is 15.0 Å². The van der Waals surface area contributed by atoms with Crippen molar-refractivity contribution in [2.24, 2.45) is 4.99 Å². The second-order valence-electron chi connectivity index (χ2n) is 5.65. The Bertz CT molecular complexity index is 696. The number of hydrogen-bond donors (Lipinski definition) is 4. The fourth-order valence-corrected chi connectivity index (χ4v) is 2.47. The van der Waals surface area contributed by atoms with Crippen LogP contribution in [0.5, 0.6) is 5.75 Å². The molecule has 0 aliphatic carbocycles. The van der Waals surface area contributed by atoms with Crippen LogP contribution in [-0.4, -0.2) is 35.2 Å². The highest BCUT2D eigenvalue weighted by molar-refractivity contribution is 5.81. The molecule has 0 saturated heterocycles. The molecule has 2 aromatic carbocycles. The Morgan fingerprint density at radius 3 is 2.40 bits per heavy atom. The first-order valence-corrected chi connectivity index (χ1v) is 8.12. The van der Waals surface area contributed by atoms with Gasteiger partial charge in [0, 0.05) is 13.5 Å². The van der Waals surface area contributed by atoms with Gasteiger partial charge in [0.15, 0.2) is 5.96 Å². The van der Waals surface area contributed by atoms with E-state index < -0.39 is 5.97 Å². The van der Waals surface area contributed by atoms with Crippen LogP contribution < -0.4 is 10.6 Å². The molecule has 1 atom stereocenters. The molecule has 6 heteroatoms. The molecule has 25 heavy (non-hydrogen) atoms. The van der Waals surface area contributed by atoms with Gasteiger partial charge in [-0.1, -0.05) is 42.5 Å². The number of aliphatic carboxylic acids is 1. The van der Waals surface area contributed by atoms with Gasteiger partial charge in [-0.05, 0) is 29.7 Å². The van der Waals surface area contributed by atoms with Gasteiger partial charge in [0.2, 0.25) is 0 Å². The molecular formula is C19H23N3O3. The van der Waals surface area contributed by atoms with Gasteiger partial charge in [-0.2, -0.15) is 0 Å². The van der Waals surface area contributed by atoms with E-state index in [4.69, 9.17) is 9.90 Å². The fraction of sp³-hybridized carbons (Fsp3) is 0.263. The average Bonchev–Trinajstić information content (AvgIpc) is 3.09. The standard InChI is InChI=1S/C17H19N3O.C2H4O2/c21-15-8-6-14(7-9-15)16(20-17-18-10-11-19-17)12-13-4-2-1-3-5-13;1-2(3)4/h1-9,16,21H,10-12H2,(H2,18,19,20);1H3,(H,3,4). The van der Waals surface area contributed by atoms with Crippen LogP contribution in [0.4, 0.5) is 0 Å². The predicted octanol–water partition coefficient (Wildman–Crippen LogP) is 2.32. The highest BCUT2D eigenvalue weighted by Gasteiger charge is 2.15. The number of benzene rings is 2. The van der Waals surface area contributed by atoms with Gasteiger partial charge in [0.05, 0.1) is 12.6 Å². The summed E-state index contributed by atoms with van der Waals surface area (Å²) in [6, 6.07) is 17.8. The molecule has 0 fully saturated rings. The molecule has 0 radical (unpaired) electrons. The summed E-state index contributed by atoms with van der Waals surface area (Å²) in [6.07, 6.45) is 0.867. The number of nitrogens with zero attached hydrogens (tertiary/aromatic N) is 1. The number of guanidine groups is 1. The van der Waals surface area contributed by atoms with E-state index in [-0.39, 0.29) is 11.8 Å². The van der Waals surface area contributed by atoms with E-state index in [2.05, 4.69) is 39.9 Å². The number of phenols is 1. The summed E-state index contributed by atoms with van der Waals surface area (Å²) in [5.74, 6) is 0.303. The molecule has 0 amide bonds. The Kier molecular flexibility index (Phi) is 6.83. The smallest absolute Gasteiger partial charge is 0.300 e. The van der Waals surface area contributed by atoms with Crippen molar-refractivity contribution in [3.05, 3.63) is 65.7 Å². The van der Waals surface area contributed by atoms with Gasteiger partial charge in [-0.15, -0.1) is 0 Å². The lowest BCUT2D eigenvalue weighted by molar-refractivity contribution is -0.134. The number of rotatable bonds is 4. The SMILES string of the molecule is CC(=O)O.Oc1ccc(C(Cc2ccccc2)NC2=NCCN2)cc1. The normalized spacial score (nSPS) is 13.7. The zero-order valence-corrected chi connectivity index (χ0v) is 14.1. The maximum Gasteiger partial charge on any atom is 0.300 e. The Balaban J connectivity index is 0.000000511. The number of carbonyl (C=O) groups is 1. The highest BCUT2D eigenvalue weighted by Crippen LogP contribution is 2.21. The Morgan fingerprint density at radius 2 is 1.84 bits per heavy atom. The van der Waals surface area contributed by atoms with Crippen LogP contribution in [0.2, 0.25) is 0 Å². The maximum absolute atomic E-state index is 9.46. The van der Waals surface area contributed by atoms with Crippen LogP contribution in [0.25, 0.3) is 0 Å². The third-order valence-electron chi connectivity index (χ3n) is 3.56. The minimum absolute atomic E-state index is 0.123. The van der Waals surface area contributed by atoms with Crippen LogP contribution >= 0.6 is 0 Å². The Labute approximate surface area is 147 Å². The zero-order valence-electron chi connectivity index (χ0n) is 14.1. The number of aromatic hydroxyl groups is 1. The first-order valence-electron chi connectivity index (χ1n) is 8.12. The summed E-state index contributed by atoms with van der Waals surface area (Å²) in [5, 5.41) is 23.6. The summed E-state index contributed by atoms with van der Waals surface area (Å²) in [6.45, 7) is 2.78. The van der Waals surface area contributed by atoms with E-state index in [0.29, 0.717) is 0 Å². The lowest BCUT2D eigenvalue weighted by Gasteiger charge is -2.20. The topological polar surface area (TPSA) is 94.0 Å². The minimum atomic E-state index is -0.833. The Morgan fingerprint density at radius 1 is 1.20 bits per heavy atom. The summed E-state index contributed by atoms with van der Waals surface area (Å²) in [7, 11) is 0. The number of hydrogen-bond acceptors (Lipinski definition) is 5. The third kappa shape index (κ3) is 6.55. The zero-order chi connectivity index (χ0) is 18.1. The molecule has 1 unspecified atom stereocenters. The molecule has 3 rings (SSSR count). The van der Waals surface area contributed by atoms with Crippen LogP contribution in [0.15, 0.2) is 59.6 Å². The van der Waals surface area contributed by atoms with Crippen LogP contribution in [0.1, 0.15) is 24.1 Å². The van der Waals surface area contributed by atoms with Crippen molar-refractivity contribution in [3.63, 3.8) is 0 Å². The molecular weight excluding hydrogens is 318 g/mol. The number of carboxylic acid groups (broad SMARTS) is 1. The number of carboxylic acids is 1. The largest absolute Gasteiger partial charge is 0.508 e. The second-order valence-corrected chi connectivity index (χ2v) is 5.65. The number of phenolic OH excluding ortho intramolecular Hbond substituents is 1. The molecule has 2 aromatic rings. The molecule has 6 nitrogen and oxygen atoms in total. The highest BCUT2D eigenvalue weighted by atomic mass is 16.4. The molecule has 0 aromatic heterocycles. The van der Waals surface area contributed by atoms with E-state index in [1.54, 1.807) is 12.1 Å². The number of aliphatic imine (C=N–C) groups is 1. The fourth-order valence-electron chi connectivity index (χ4n) is 2.47. The van der Waals surface area contributed by atoms with E-state index >= 15 is 0 Å². The van der Waals surface area contributed by atoms with Gasteiger partial charge in [-0.3, -0.25) is 9.79 Å². The van der Waals surface area contributed by atoms with Gasteiger partial charge in [-0.25, -0.2) is 0 Å². The van der Waals surface area contributed by atoms with Gasteiger partial charge in [0.25, 0.3) is 5.97 Å². The van der Waals surface area contributed by atoms with E-state index in [1.807, 2.05) is 18.2 Å².